The Morgan fingerprint density at radius 1 is 0.893 bits per heavy atom. The summed E-state index contributed by atoms with van der Waals surface area (Å²) in [7, 11) is 0. The molecule has 0 saturated carbocycles. The molecule has 3 aromatic carbocycles. The zero-order valence-corrected chi connectivity index (χ0v) is 15.0. The van der Waals surface area contributed by atoms with E-state index in [1.165, 1.54) is 0 Å². The number of nitrogens with zero attached hydrogens (tertiary/aromatic N) is 1. The summed E-state index contributed by atoms with van der Waals surface area (Å²) in [6.07, 6.45) is 0. The first-order chi connectivity index (χ1) is 13.7. The average molecular weight is 370 g/mol. The monoisotopic (exact) mass is 370 g/mol. The Morgan fingerprint density at radius 2 is 1.54 bits per heavy atom. The number of rotatable bonds is 6. The number of aliphatic hydroxyl groups is 1. The van der Waals surface area contributed by atoms with Gasteiger partial charge in [0.15, 0.2) is 6.61 Å². The van der Waals surface area contributed by atoms with Gasteiger partial charge in [0.1, 0.15) is 22.9 Å². The number of nitrogens with one attached hydrogen (secondary N) is 1. The van der Waals surface area contributed by atoms with Gasteiger partial charge in [0.2, 0.25) is 5.78 Å². The normalized spacial score (nSPS) is 11.9. The molecule has 0 fully saturated rings. The van der Waals surface area contributed by atoms with E-state index in [1.807, 2.05) is 48.5 Å². The van der Waals surface area contributed by atoms with Crippen LogP contribution < -0.4 is 4.74 Å². The van der Waals surface area contributed by atoms with Crippen LogP contribution in [0.3, 0.4) is 0 Å². The Hall–Kier alpha value is -3.86. The minimum atomic E-state index is -0.371. The molecule has 28 heavy (non-hydrogen) atoms. The van der Waals surface area contributed by atoms with Crippen LogP contribution in [0.1, 0.15) is 11.4 Å². The minimum Gasteiger partial charge on any atom is -0.506 e. The number of carbonyl (C=O) groups excluding carboxylic acids is 1. The van der Waals surface area contributed by atoms with Gasteiger partial charge in [-0.25, -0.2) is 4.98 Å². The summed E-state index contributed by atoms with van der Waals surface area (Å²) in [6.45, 7) is -0.215. The molecule has 0 atom stereocenters. The molecule has 0 saturated heterocycles. The third-order valence-corrected chi connectivity index (χ3v) is 4.30. The summed E-state index contributed by atoms with van der Waals surface area (Å²) in [6, 6.07) is 25.5. The number of Topliss-reactive ketones (excluding diaryl/α,β-unsaturated/α-hetero) is 1. The highest BCUT2D eigenvalue weighted by atomic mass is 16.5. The Morgan fingerprint density at radius 3 is 2.25 bits per heavy atom. The number of imidazole rings is 1. The maximum atomic E-state index is 13.0. The minimum absolute atomic E-state index is 0.0957. The number of benzene rings is 3. The second-order valence-electron chi connectivity index (χ2n) is 6.22. The van der Waals surface area contributed by atoms with Crippen molar-refractivity contribution in [2.24, 2.45) is 0 Å². The van der Waals surface area contributed by atoms with E-state index in [9.17, 15) is 9.90 Å². The van der Waals surface area contributed by atoms with Crippen molar-refractivity contribution in [1.29, 1.82) is 0 Å². The van der Waals surface area contributed by atoms with Gasteiger partial charge in [0, 0.05) is 5.56 Å². The molecule has 4 aromatic rings. The van der Waals surface area contributed by atoms with E-state index in [2.05, 4.69) is 9.97 Å². The summed E-state index contributed by atoms with van der Waals surface area (Å²) < 4.78 is 5.59. The van der Waals surface area contributed by atoms with E-state index in [0.717, 1.165) is 5.52 Å². The van der Waals surface area contributed by atoms with Crippen molar-refractivity contribution in [2.75, 3.05) is 6.61 Å². The van der Waals surface area contributed by atoms with Crippen molar-refractivity contribution in [3.8, 4) is 5.75 Å². The summed E-state index contributed by atoms with van der Waals surface area (Å²) in [5.41, 5.74) is 2.13. The number of aromatic amines is 1. The summed E-state index contributed by atoms with van der Waals surface area (Å²) >= 11 is 0. The van der Waals surface area contributed by atoms with Crippen molar-refractivity contribution in [1.82, 2.24) is 9.97 Å². The Bertz CT molecular complexity index is 1100. The first-order valence-electron chi connectivity index (χ1n) is 8.87. The SMILES string of the molecule is O=C(COc1ccccc1)C(=C(O)c1ccccc1)c1nc2ccccc2[nH]1. The standard InChI is InChI=1S/C23H18N2O3/c26-20(15-28-17-11-5-2-6-12-17)21(22(27)16-9-3-1-4-10-16)23-24-18-13-7-8-14-19(18)25-23/h1-14,27H,15H2,(H,24,25). The number of hydrogen-bond donors (Lipinski definition) is 2. The molecule has 0 unspecified atom stereocenters. The molecular weight excluding hydrogens is 352 g/mol. The molecule has 0 aliphatic heterocycles. The second-order valence-corrected chi connectivity index (χ2v) is 6.22. The highest BCUT2D eigenvalue weighted by Gasteiger charge is 2.22. The second kappa shape index (κ2) is 7.80. The van der Waals surface area contributed by atoms with Crippen LogP contribution in [0.5, 0.6) is 5.75 Å². The molecule has 1 heterocycles. The number of carbonyl (C=O) groups is 1. The molecule has 0 spiro atoms. The summed E-state index contributed by atoms with van der Waals surface area (Å²) in [5, 5.41) is 10.9. The largest absolute Gasteiger partial charge is 0.506 e. The van der Waals surface area contributed by atoms with Crippen LogP contribution in [0.25, 0.3) is 22.4 Å². The number of para-hydroxylation sites is 3. The van der Waals surface area contributed by atoms with Gasteiger partial charge in [-0.1, -0.05) is 60.7 Å². The molecule has 0 aliphatic carbocycles. The highest BCUT2D eigenvalue weighted by molar-refractivity contribution is 6.26. The maximum Gasteiger partial charge on any atom is 0.207 e. The summed E-state index contributed by atoms with van der Waals surface area (Å²) in [4.78, 5) is 20.6. The lowest BCUT2D eigenvalue weighted by Crippen LogP contribution is -2.15. The molecule has 5 heteroatoms. The fourth-order valence-electron chi connectivity index (χ4n) is 2.93. The smallest absolute Gasteiger partial charge is 0.207 e. The number of hydrogen-bond acceptors (Lipinski definition) is 4. The van der Waals surface area contributed by atoms with E-state index in [1.54, 1.807) is 36.4 Å². The first kappa shape index (κ1) is 17.5. The van der Waals surface area contributed by atoms with E-state index in [4.69, 9.17) is 4.74 Å². The lowest BCUT2D eigenvalue weighted by atomic mass is 10.0. The molecule has 0 aliphatic rings. The third-order valence-electron chi connectivity index (χ3n) is 4.30. The van der Waals surface area contributed by atoms with Gasteiger partial charge in [0.25, 0.3) is 0 Å². The summed E-state index contributed by atoms with van der Waals surface area (Å²) in [5.74, 6) is 0.383. The quantitative estimate of drug-likeness (QED) is 0.383. The van der Waals surface area contributed by atoms with Crippen LogP contribution in [0, 0.1) is 0 Å². The zero-order valence-electron chi connectivity index (χ0n) is 15.0. The van der Waals surface area contributed by atoms with Gasteiger partial charge >= 0.3 is 0 Å². The van der Waals surface area contributed by atoms with E-state index in [0.29, 0.717) is 22.7 Å². The zero-order chi connectivity index (χ0) is 19.3. The molecule has 0 amide bonds. The molecular formula is C23H18N2O3. The van der Waals surface area contributed by atoms with Gasteiger partial charge in [-0.05, 0) is 24.3 Å². The van der Waals surface area contributed by atoms with Crippen LogP contribution in [-0.4, -0.2) is 27.5 Å². The lowest BCUT2D eigenvalue weighted by molar-refractivity contribution is -0.115. The van der Waals surface area contributed by atoms with Crippen LogP contribution in [0.2, 0.25) is 0 Å². The van der Waals surface area contributed by atoms with E-state index in [-0.39, 0.29) is 23.7 Å². The van der Waals surface area contributed by atoms with Crippen molar-refractivity contribution in [3.63, 3.8) is 0 Å². The number of aromatic nitrogens is 2. The fourth-order valence-corrected chi connectivity index (χ4v) is 2.93. The van der Waals surface area contributed by atoms with Crippen molar-refractivity contribution < 1.29 is 14.6 Å². The Kier molecular flexibility index (Phi) is 4.89. The van der Waals surface area contributed by atoms with Crippen LogP contribution in [0.15, 0.2) is 84.9 Å². The molecule has 4 rings (SSSR count). The van der Waals surface area contributed by atoms with Crippen LogP contribution in [0.4, 0.5) is 0 Å². The number of H-pyrrole nitrogens is 1. The predicted molar refractivity (Wildman–Crippen MR) is 109 cm³/mol. The topological polar surface area (TPSA) is 75.2 Å². The first-order valence-corrected chi connectivity index (χ1v) is 8.87. The average Bonchev–Trinajstić information content (AvgIpc) is 3.17. The predicted octanol–water partition coefficient (Wildman–Crippen LogP) is 4.64. The molecule has 0 bridgehead atoms. The van der Waals surface area contributed by atoms with Gasteiger partial charge in [0.05, 0.1) is 11.0 Å². The molecule has 138 valence electrons. The number of aliphatic hydroxyl groups excluding tert-OH is 1. The highest BCUT2D eigenvalue weighted by Crippen LogP contribution is 2.26. The van der Waals surface area contributed by atoms with Crippen LogP contribution in [-0.2, 0) is 4.79 Å². The van der Waals surface area contributed by atoms with Gasteiger partial charge < -0.3 is 14.8 Å². The number of ketones is 1. The van der Waals surface area contributed by atoms with Crippen LogP contribution >= 0.6 is 0 Å². The van der Waals surface area contributed by atoms with Crippen molar-refractivity contribution >= 4 is 28.1 Å². The third kappa shape index (κ3) is 3.64. The van der Waals surface area contributed by atoms with E-state index < -0.39 is 0 Å². The fraction of sp³-hybridized carbons (Fsp3) is 0.0435. The van der Waals surface area contributed by atoms with Crippen molar-refractivity contribution in [2.45, 2.75) is 0 Å². The van der Waals surface area contributed by atoms with Gasteiger partial charge in [-0.15, -0.1) is 0 Å². The van der Waals surface area contributed by atoms with Crippen molar-refractivity contribution in [3.05, 3.63) is 96.3 Å². The molecule has 0 radical (unpaired) electrons. The van der Waals surface area contributed by atoms with Gasteiger partial charge in [-0.3, -0.25) is 4.79 Å². The molecule has 5 nitrogen and oxygen atoms in total. The lowest BCUT2D eigenvalue weighted by Gasteiger charge is -2.10. The molecule has 1 aromatic heterocycles. The Balaban J connectivity index is 1.74. The van der Waals surface area contributed by atoms with E-state index >= 15 is 0 Å². The maximum absolute atomic E-state index is 13.0. The van der Waals surface area contributed by atoms with Gasteiger partial charge in [-0.2, -0.15) is 0 Å². The number of ether oxygens (including phenoxy) is 1. The number of fused-ring (bicyclic) bond motifs is 1. The molecule has 2 N–H and O–H groups in total. The Labute approximate surface area is 161 Å².